The van der Waals surface area contributed by atoms with Crippen LogP contribution < -0.4 is 20.3 Å². The number of piperidine rings is 1. The van der Waals surface area contributed by atoms with Crippen molar-refractivity contribution in [2.75, 3.05) is 31.1 Å². The van der Waals surface area contributed by atoms with Gasteiger partial charge in [0.1, 0.15) is 5.75 Å². The summed E-state index contributed by atoms with van der Waals surface area (Å²) in [7, 11) is 0. The summed E-state index contributed by atoms with van der Waals surface area (Å²) in [4.78, 5) is 38.3. The van der Waals surface area contributed by atoms with E-state index in [9.17, 15) is 14.4 Å². The third-order valence-electron chi connectivity index (χ3n) is 6.99. The summed E-state index contributed by atoms with van der Waals surface area (Å²) in [5.74, 6) is -0.711. The number of amides is 2. The Hall–Kier alpha value is -3.55. The number of carbonyl (C=O) groups is 3. The molecule has 0 spiro atoms. The Kier molecular flexibility index (Phi) is 8.81. The molecule has 1 aliphatic heterocycles. The number of hydrogen-bond acceptors (Lipinski definition) is 5. The van der Waals surface area contributed by atoms with Crippen LogP contribution in [0, 0.1) is 5.92 Å². The second kappa shape index (κ2) is 12.4. The summed E-state index contributed by atoms with van der Waals surface area (Å²) >= 11 is 0. The summed E-state index contributed by atoms with van der Waals surface area (Å²) in [5.41, 5.74) is 2.27. The van der Waals surface area contributed by atoms with Crippen molar-refractivity contribution in [1.82, 2.24) is 10.6 Å². The van der Waals surface area contributed by atoms with E-state index in [4.69, 9.17) is 9.84 Å². The number of carboxylic acid groups (broad SMARTS) is 1. The van der Waals surface area contributed by atoms with Crippen LogP contribution in [-0.2, 0) is 4.79 Å². The van der Waals surface area contributed by atoms with Crippen LogP contribution in [0.4, 0.5) is 5.69 Å². The van der Waals surface area contributed by atoms with Crippen LogP contribution in [0.15, 0.2) is 48.5 Å². The molecule has 3 N–H and O–H groups in total. The Labute approximate surface area is 212 Å². The fourth-order valence-electron chi connectivity index (χ4n) is 4.84. The van der Waals surface area contributed by atoms with Crippen molar-refractivity contribution in [2.24, 2.45) is 5.92 Å². The molecule has 0 radical (unpaired) electrons. The molecule has 2 fully saturated rings. The molecule has 1 saturated heterocycles. The van der Waals surface area contributed by atoms with Gasteiger partial charge in [0.2, 0.25) is 0 Å². The first kappa shape index (κ1) is 25.5. The Morgan fingerprint density at radius 2 is 1.31 bits per heavy atom. The lowest BCUT2D eigenvalue weighted by Crippen LogP contribution is -2.34. The number of carboxylic acids is 1. The molecule has 1 aliphatic carbocycles. The number of rotatable bonds is 9. The number of nitrogens with zero attached hydrogens (tertiary/aromatic N) is 1. The molecule has 4 rings (SSSR count). The van der Waals surface area contributed by atoms with Crippen molar-refractivity contribution >= 4 is 23.5 Å². The second-order valence-electron chi connectivity index (χ2n) is 9.56. The molecule has 0 aromatic heterocycles. The average Bonchev–Trinajstić information content (AvgIpc) is 2.92. The molecule has 2 aliphatic rings. The van der Waals surface area contributed by atoms with Crippen molar-refractivity contribution in [3.8, 4) is 5.75 Å². The van der Waals surface area contributed by atoms with Crippen molar-refractivity contribution in [3.63, 3.8) is 0 Å². The standard InChI is InChI=1S/C28H35N3O5/c32-26(20-4-10-23(11-5-20)31-18-2-1-3-19-31)29-16-17-30-27(33)21-6-12-24(13-7-21)36-25-14-8-22(9-15-25)28(34)35/h4-7,10-13,22,25H,1-3,8-9,14-19H2,(H,29,32)(H,30,33)(H,34,35)/t22-,25+. The maximum atomic E-state index is 12.4. The smallest absolute Gasteiger partial charge is 0.306 e. The SMILES string of the molecule is O=C(NCCNC(=O)c1ccc(N2CCCCC2)cc1)c1ccc(O[C@H]2CC[C@@H](C(=O)O)CC2)cc1. The van der Waals surface area contributed by atoms with Gasteiger partial charge in [-0.05, 0) is 93.5 Å². The number of nitrogens with one attached hydrogen (secondary N) is 2. The summed E-state index contributed by atoms with van der Waals surface area (Å²) in [5, 5.41) is 14.8. The maximum absolute atomic E-state index is 12.4. The normalized spacial score (nSPS) is 19.8. The molecule has 1 heterocycles. The summed E-state index contributed by atoms with van der Waals surface area (Å²) in [6.45, 7) is 2.78. The minimum absolute atomic E-state index is 0.00450. The first-order valence-corrected chi connectivity index (χ1v) is 12.9. The Balaban J connectivity index is 1.15. The molecule has 192 valence electrons. The zero-order chi connectivity index (χ0) is 25.3. The molecular weight excluding hydrogens is 458 g/mol. The number of aliphatic carboxylic acids is 1. The van der Waals surface area contributed by atoms with E-state index in [2.05, 4.69) is 15.5 Å². The van der Waals surface area contributed by atoms with Gasteiger partial charge in [-0.1, -0.05) is 0 Å². The van der Waals surface area contributed by atoms with Crippen LogP contribution in [-0.4, -0.2) is 55.2 Å². The Morgan fingerprint density at radius 3 is 1.83 bits per heavy atom. The van der Waals surface area contributed by atoms with Gasteiger partial charge < -0.3 is 25.4 Å². The molecule has 2 amide bonds. The highest BCUT2D eigenvalue weighted by molar-refractivity contribution is 5.95. The Morgan fingerprint density at radius 1 is 0.778 bits per heavy atom. The first-order valence-electron chi connectivity index (χ1n) is 12.9. The van der Waals surface area contributed by atoms with Gasteiger partial charge in [-0.2, -0.15) is 0 Å². The molecule has 0 bridgehead atoms. The minimum Gasteiger partial charge on any atom is -0.490 e. The van der Waals surface area contributed by atoms with Gasteiger partial charge in [0.05, 0.1) is 12.0 Å². The lowest BCUT2D eigenvalue weighted by atomic mass is 9.87. The van der Waals surface area contributed by atoms with E-state index < -0.39 is 5.97 Å². The van der Waals surface area contributed by atoms with Crippen LogP contribution >= 0.6 is 0 Å². The minimum atomic E-state index is -0.731. The highest BCUT2D eigenvalue weighted by atomic mass is 16.5. The molecule has 1 saturated carbocycles. The average molecular weight is 494 g/mol. The van der Waals surface area contributed by atoms with Crippen LogP contribution in [0.3, 0.4) is 0 Å². The van der Waals surface area contributed by atoms with Gasteiger partial charge in [-0.3, -0.25) is 14.4 Å². The number of carbonyl (C=O) groups excluding carboxylic acids is 2. The van der Waals surface area contributed by atoms with Gasteiger partial charge in [0, 0.05) is 43.0 Å². The maximum Gasteiger partial charge on any atom is 0.306 e. The Bertz CT molecular complexity index is 1020. The van der Waals surface area contributed by atoms with E-state index in [1.807, 2.05) is 24.3 Å². The summed E-state index contributed by atoms with van der Waals surface area (Å²) in [6.07, 6.45) is 6.39. The number of hydrogen-bond donors (Lipinski definition) is 3. The van der Waals surface area contributed by atoms with E-state index in [1.54, 1.807) is 24.3 Å². The van der Waals surface area contributed by atoms with E-state index in [0.29, 0.717) is 55.6 Å². The van der Waals surface area contributed by atoms with Gasteiger partial charge in [0.25, 0.3) is 11.8 Å². The predicted octanol–water partition coefficient (Wildman–Crippen LogP) is 3.86. The first-order chi connectivity index (χ1) is 17.5. The van der Waals surface area contributed by atoms with E-state index in [1.165, 1.54) is 19.3 Å². The fraction of sp³-hybridized carbons (Fsp3) is 0.464. The highest BCUT2D eigenvalue weighted by Crippen LogP contribution is 2.28. The lowest BCUT2D eigenvalue weighted by molar-refractivity contribution is -0.143. The monoisotopic (exact) mass is 493 g/mol. The van der Waals surface area contributed by atoms with E-state index in [-0.39, 0.29) is 23.8 Å². The topological polar surface area (TPSA) is 108 Å². The van der Waals surface area contributed by atoms with E-state index in [0.717, 1.165) is 18.8 Å². The van der Waals surface area contributed by atoms with Gasteiger partial charge >= 0.3 is 5.97 Å². The molecule has 36 heavy (non-hydrogen) atoms. The second-order valence-corrected chi connectivity index (χ2v) is 9.56. The van der Waals surface area contributed by atoms with Gasteiger partial charge in [0.15, 0.2) is 0 Å². The number of benzene rings is 2. The zero-order valence-corrected chi connectivity index (χ0v) is 20.6. The van der Waals surface area contributed by atoms with Crippen molar-refractivity contribution in [2.45, 2.75) is 51.0 Å². The molecule has 8 nitrogen and oxygen atoms in total. The van der Waals surface area contributed by atoms with Crippen molar-refractivity contribution in [3.05, 3.63) is 59.7 Å². The lowest BCUT2D eigenvalue weighted by Gasteiger charge is -2.28. The third-order valence-corrected chi connectivity index (χ3v) is 6.99. The van der Waals surface area contributed by atoms with Gasteiger partial charge in [-0.15, -0.1) is 0 Å². The molecule has 8 heteroatoms. The predicted molar refractivity (Wildman–Crippen MR) is 138 cm³/mol. The van der Waals surface area contributed by atoms with Gasteiger partial charge in [-0.25, -0.2) is 0 Å². The molecular formula is C28H35N3O5. The molecule has 0 unspecified atom stereocenters. The van der Waals surface area contributed by atoms with Crippen molar-refractivity contribution in [1.29, 1.82) is 0 Å². The largest absolute Gasteiger partial charge is 0.490 e. The quantitative estimate of drug-likeness (QED) is 0.458. The van der Waals surface area contributed by atoms with Crippen molar-refractivity contribution < 1.29 is 24.2 Å². The highest BCUT2D eigenvalue weighted by Gasteiger charge is 2.26. The third kappa shape index (κ3) is 6.99. The summed E-state index contributed by atoms with van der Waals surface area (Å²) in [6, 6.07) is 14.6. The zero-order valence-electron chi connectivity index (χ0n) is 20.6. The van der Waals surface area contributed by atoms with Crippen LogP contribution in [0.1, 0.15) is 65.7 Å². The summed E-state index contributed by atoms with van der Waals surface area (Å²) < 4.78 is 5.95. The van der Waals surface area contributed by atoms with Crippen LogP contribution in [0.2, 0.25) is 0 Å². The fourth-order valence-corrected chi connectivity index (χ4v) is 4.84. The molecule has 2 aromatic rings. The number of ether oxygens (including phenoxy) is 1. The van der Waals surface area contributed by atoms with Crippen LogP contribution in [0.5, 0.6) is 5.75 Å². The van der Waals surface area contributed by atoms with E-state index >= 15 is 0 Å². The molecule has 2 aromatic carbocycles. The number of anilines is 1. The molecule has 0 atom stereocenters. The van der Waals surface area contributed by atoms with Crippen LogP contribution in [0.25, 0.3) is 0 Å².